The van der Waals surface area contributed by atoms with E-state index in [1.54, 1.807) is 6.07 Å². The van der Waals surface area contributed by atoms with Gasteiger partial charge >= 0.3 is 5.97 Å². The Labute approximate surface area is 139 Å². The van der Waals surface area contributed by atoms with E-state index in [1.807, 2.05) is 52.0 Å². The van der Waals surface area contributed by atoms with Crippen LogP contribution in [-0.2, 0) is 4.79 Å². The molecule has 0 fully saturated rings. The molecule has 2 aromatic rings. The van der Waals surface area contributed by atoms with E-state index >= 15 is 0 Å². The standard InChI is InChI=1S/C18H19BrO3/c1-11-5-6-16(12(2)7-11)22-17(20)10-21-18-13(3)8-15(19)9-14(18)4/h5-9H,10H2,1-4H3. The van der Waals surface area contributed by atoms with E-state index in [-0.39, 0.29) is 6.61 Å². The minimum Gasteiger partial charge on any atom is -0.481 e. The number of rotatable bonds is 4. The van der Waals surface area contributed by atoms with Crippen LogP contribution in [0.5, 0.6) is 11.5 Å². The number of halogens is 1. The molecule has 22 heavy (non-hydrogen) atoms. The van der Waals surface area contributed by atoms with Gasteiger partial charge in [-0.15, -0.1) is 0 Å². The molecule has 0 spiro atoms. The molecule has 0 amide bonds. The zero-order valence-electron chi connectivity index (χ0n) is 13.2. The Morgan fingerprint density at radius 3 is 2.23 bits per heavy atom. The highest BCUT2D eigenvalue weighted by Crippen LogP contribution is 2.27. The molecule has 0 saturated carbocycles. The summed E-state index contributed by atoms with van der Waals surface area (Å²) in [5, 5.41) is 0. The number of carbonyl (C=O) groups is 1. The Bertz CT molecular complexity index is 684. The van der Waals surface area contributed by atoms with Crippen LogP contribution in [0.3, 0.4) is 0 Å². The van der Waals surface area contributed by atoms with E-state index in [1.165, 1.54) is 0 Å². The van der Waals surface area contributed by atoms with Gasteiger partial charge in [-0.2, -0.15) is 0 Å². The lowest BCUT2D eigenvalue weighted by atomic mass is 10.1. The number of hydrogen-bond donors (Lipinski definition) is 0. The number of benzene rings is 2. The first-order chi connectivity index (χ1) is 10.4. The van der Waals surface area contributed by atoms with Gasteiger partial charge in [0.05, 0.1) is 0 Å². The fourth-order valence-corrected chi connectivity index (χ4v) is 3.01. The summed E-state index contributed by atoms with van der Waals surface area (Å²) in [6.45, 7) is 7.70. The Morgan fingerprint density at radius 2 is 1.64 bits per heavy atom. The molecule has 116 valence electrons. The highest BCUT2D eigenvalue weighted by Gasteiger charge is 2.11. The van der Waals surface area contributed by atoms with Crippen molar-refractivity contribution >= 4 is 21.9 Å². The number of esters is 1. The first-order valence-corrected chi connectivity index (χ1v) is 7.83. The van der Waals surface area contributed by atoms with E-state index in [4.69, 9.17) is 9.47 Å². The number of aryl methyl sites for hydroxylation is 4. The highest BCUT2D eigenvalue weighted by molar-refractivity contribution is 9.10. The number of hydrogen-bond acceptors (Lipinski definition) is 3. The van der Waals surface area contributed by atoms with Crippen molar-refractivity contribution < 1.29 is 14.3 Å². The van der Waals surface area contributed by atoms with Crippen LogP contribution in [-0.4, -0.2) is 12.6 Å². The molecule has 0 aromatic heterocycles. The maximum absolute atomic E-state index is 12.0. The van der Waals surface area contributed by atoms with E-state index < -0.39 is 5.97 Å². The molecule has 0 aliphatic heterocycles. The van der Waals surface area contributed by atoms with Crippen molar-refractivity contribution in [3.63, 3.8) is 0 Å². The predicted octanol–water partition coefficient (Wildman–Crippen LogP) is 4.67. The predicted molar refractivity (Wildman–Crippen MR) is 90.7 cm³/mol. The van der Waals surface area contributed by atoms with Gasteiger partial charge in [0.1, 0.15) is 11.5 Å². The molecule has 0 atom stereocenters. The summed E-state index contributed by atoms with van der Waals surface area (Å²) in [6, 6.07) is 9.61. The van der Waals surface area contributed by atoms with Gasteiger partial charge in [0.2, 0.25) is 0 Å². The molecule has 0 heterocycles. The molecule has 3 nitrogen and oxygen atoms in total. The van der Waals surface area contributed by atoms with Crippen molar-refractivity contribution in [2.75, 3.05) is 6.61 Å². The van der Waals surface area contributed by atoms with Crippen molar-refractivity contribution in [1.82, 2.24) is 0 Å². The SMILES string of the molecule is Cc1ccc(OC(=O)COc2c(C)cc(Br)cc2C)c(C)c1. The maximum Gasteiger partial charge on any atom is 0.349 e. The average Bonchev–Trinajstić information content (AvgIpc) is 2.40. The van der Waals surface area contributed by atoms with Crippen LogP contribution in [0, 0.1) is 27.7 Å². The molecule has 4 heteroatoms. The zero-order chi connectivity index (χ0) is 16.3. The third-order valence-electron chi connectivity index (χ3n) is 3.31. The van der Waals surface area contributed by atoms with E-state index in [0.29, 0.717) is 5.75 Å². The van der Waals surface area contributed by atoms with Crippen LogP contribution < -0.4 is 9.47 Å². The third kappa shape index (κ3) is 4.10. The van der Waals surface area contributed by atoms with Gasteiger partial charge in [0.25, 0.3) is 0 Å². The minimum absolute atomic E-state index is 0.114. The Morgan fingerprint density at radius 1 is 1.00 bits per heavy atom. The molecule has 0 aliphatic rings. The summed E-state index contributed by atoms with van der Waals surface area (Å²) in [5.74, 6) is 0.887. The van der Waals surface area contributed by atoms with E-state index in [2.05, 4.69) is 15.9 Å². The highest BCUT2D eigenvalue weighted by atomic mass is 79.9. The Kier molecular flexibility index (Phi) is 5.24. The first-order valence-electron chi connectivity index (χ1n) is 7.04. The van der Waals surface area contributed by atoms with Crippen molar-refractivity contribution in [2.24, 2.45) is 0 Å². The van der Waals surface area contributed by atoms with E-state index in [9.17, 15) is 4.79 Å². The maximum atomic E-state index is 12.0. The normalized spacial score (nSPS) is 10.4. The second-order valence-electron chi connectivity index (χ2n) is 5.40. The molecular weight excluding hydrogens is 344 g/mol. The van der Waals surface area contributed by atoms with Crippen LogP contribution in [0.25, 0.3) is 0 Å². The summed E-state index contributed by atoms with van der Waals surface area (Å²) in [6.07, 6.45) is 0. The van der Waals surface area contributed by atoms with Crippen LogP contribution in [0.15, 0.2) is 34.8 Å². The third-order valence-corrected chi connectivity index (χ3v) is 3.77. The summed E-state index contributed by atoms with van der Waals surface area (Å²) in [5.41, 5.74) is 4.02. The smallest absolute Gasteiger partial charge is 0.349 e. The van der Waals surface area contributed by atoms with Gasteiger partial charge in [0.15, 0.2) is 6.61 Å². The van der Waals surface area contributed by atoms with Gasteiger partial charge in [0, 0.05) is 4.47 Å². The summed E-state index contributed by atoms with van der Waals surface area (Å²) in [4.78, 5) is 12.0. The van der Waals surface area contributed by atoms with Gasteiger partial charge in [-0.1, -0.05) is 33.6 Å². The molecule has 0 saturated heterocycles. The van der Waals surface area contributed by atoms with Gasteiger partial charge in [-0.25, -0.2) is 4.79 Å². The first kappa shape index (κ1) is 16.6. The largest absolute Gasteiger partial charge is 0.481 e. The van der Waals surface area contributed by atoms with Gasteiger partial charge in [-0.05, 0) is 62.6 Å². The van der Waals surface area contributed by atoms with Crippen molar-refractivity contribution in [2.45, 2.75) is 27.7 Å². The van der Waals surface area contributed by atoms with Gasteiger partial charge < -0.3 is 9.47 Å². The average molecular weight is 363 g/mol. The summed E-state index contributed by atoms with van der Waals surface area (Å²) in [7, 11) is 0. The number of carbonyl (C=O) groups excluding carboxylic acids is 1. The van der Waals surface area contributed by atoms with Crippen LogP contribution in [0.4, 0.5) is 0 Å². The molecule has 0 unspecified atom stereocenters. The fraction of sp³-hybridized carbons (Fsp3) is 0.278. The van der Waals surface area contributed by atoms with Crippen LogP contribution in [0.1, 0.15) is 22.3 Å². The van der Waals surface area contributed by atoms with E-state index in [0.717, 1.165) is 32.5 Å². The second-order valence-corrected chi connectivity index (χ2v) is 6.32. The summed E-state index contributed by atoms with van der Waals surface area (Å²) >= 11 is 3.44. The monoisotopic (exact) mass is 362 g/mol. The molecule has 0 aliphatic carbocycles. The Balaban J connectivity index is 2.02. The minimum atomic E-state index is -0.409. The zero-order valence-corrected chi connectivity index (χ0v) is 14.8. The molecule has 2 aromatic carbocycles. The summed E-state index contributed by atoms with van der Waals surface area (Å²) < 4.78 is 12.0. The molecule has 2 rings (SSSR count). The van der Waals surface area contributed by atoms with Gasteiger partial charge in [-0.3, -0.25) is 0 Å². The number of ether oxygens (including phenoxy) is 2. The van der Waals surface area contributed by atoms with Crippen molar-refractivity contribution in [3.05, 3.63) is 57.1 Å². The quantitative estimate of drug-likeness (QED) is 0.585. The second kappa shape index (κ2) is 6.97. The fourth-order valence-electron chi connectivity index (χ4n) is 2.32. The molecule has 0 bridgehead atoms. The molecular formula is C18H19BrO3. The topological polar surface area (TPSA) is 35.5 Å². The lowest BCUT2D eigenvalue weighted by Crippen LogP contribution is -2.18. The van der Waals surface area contributed by atoms with Crippen molar-refractivity contribution in [1.29, 1.82) is 0 Å². The van der Waals surface area contributed by atoms with Crippen LogP contribution in [0.2, 0.25) is 0 Å². The van der Waals surface area contributed by atoms with Crippen LogP contribution >= 0.6 is 15.9 Å². The molecule has 0 N–H and O–H groups in total. The lowest BCUT2D eigenvalue weighted by Gasteiger charge is -2.13. The lowest BCUT2D eigenvalue weighted by molar-refractivity contribution is -0.136. The van der Waals surface area contributed by atoms with Crippen molar-refractivity contribution in [3.8, 4) is 11.5 Å². The molecule has 0 radical (unpaired) electrons. The Hall–Kier alpha value is -1.81.